The highest BCUT2D eigenvalue weighted by molar-refractivity contribution is 5.87. The SMILES string of the molecule is C/C=C(\C)C(=O)OC[C@H]1O[C@@H](O[C@H]2[C@H](Oc3ccc([C@@H]4CC(=O)NCCCN(C(=O)[C@@H](C)CC)C[C@@H](OC(C)=O)CCN4)cc3)O[C@@H](C)[C@H](O)[C@H]2O)[C@H](O)[C@@H](O)[C@@H]1O. The van der Waals surface area contributed by atoms with Gasteiger partial charge in [-0.1, -0.05) is 32.1 Å². The number of hydrogen-bond acceptors (Lipinski definition) is 16. The highest BCUT2D eigenvalue weighted by atomic mass is 16.8. The summed E-state index contributed by atoms with van der Waals surface area (Å²) < 4.78 is 34.4. The summed E-state index contributed by atoms with van der Waals surface area (Å²) in [5.41, 5.74) is 1.02. The molecule has 1 aromatic carbocycles. The van der Waals surface area contributed by atoms with Gasteiger partial charge in [-0.15, -0.1) is 0 Å². The fourth-order valence-corrected chi connectivity index (χ4v) is 6.79. The van der Waals surface area contributed by atoms with Gasteiger partial charge in [0.25, 0.3) is 0 Å². The molecule has 18 nitrogen and oxygen atoms in total. The van der Waals surface area contributed by atoms with Crippen LogP contribution in [0.4, 0.5) is 0 Å². The number of benzene rings is 1. The van der Waals surface area contributed by atoms with E-state index in [9.17, 15) is 44.7 Å². The lowest BCUT2D eigenvalue weighted by molar-refractivity contribution is -0.355. The molecule has 7 N–H and O–H groups in total. The highest BCUT2D eigenvalue weighted by Gasteiger charge is 2.51. The second-order valence-corrected chi connectivity index (χ2v) is 15.1. The van der Waals surface area contributed by atoms with Crippen LogP contribution in [-0.2, 0) is 42.9 Å². The monoisotopic (exact) mass is 823 g/mol. The molecule has 1 aromatic rings. The molecule has 3 fully saturated rings. The van der Waals surface area contributed by atoms with Crippen molar-refractivity contribution in [1.29, 1.82) is 0 Å². The smallest absolute Gasteiger partial charge is 0.333 e. The predicted octanol–water partition coefficient (Wildman–Crippen LogP) is -0.0286. The van der Waals surface area contributed by atoms with Crippen LogP contribution in [0.3, 0.4) is 0 Å². The van der Waals surface area contributed by atoms with Gasteiger partial charge >= 0.3 is 11.9 Å². The zero-order valence-corrected chi connectivity index (χ0v) is 34.0. The normalized spacial score (nSPS) is 33.7. The van der Waals surface area contributed by atoms with Crippen molar-refractivity contribution >= 4 is 23.8 Å². The van der Waals surface area contributed by atoms with Gasteiger partial charge in [0.15, 0.2) is 12.4 Å². The summed E-state index contributed by atoms with van der Waals surface area (Å²) in [5.74, 6) is -1.33. The first-order valence-corrected chi connectivity index (χ1v) is 19.9. The average Bonchev–Trinajstić information content (AvgIpc) is 3.21. The van der Waals surface area contributed by atoms with Gasteiger partial charge in [-0.05, 0) is 64.3 Å². The summed E-state index contributed by atoms with van der Waals surface area (Å²) in [6, 6.07) is 6.22. The molecule has 3 aliphatic heterocycles. The van der Waals surface area contributed by atoms with Crippen LogP contribution in [0.25, 0.3) is 0 Å². The van der Waals surface area contributed by atoms with E-state index in [-0.39, 0.29) is 36.4 Å². The Morgan fingerprint density at radius 2 is 1.67 bits per heavy atom. The minimum Gasteiger partial charge on any atom is -0.462 e. The Labute approximate surface area is 338 Å². The van der Waals surface area contributed by atoms with Crippen LogP contribution in [-0.4, -0.2) is 154 Å². The van der Waals surface area contributed by atoms with Crippen LogP contribution < -0.4 is 15.4 Å². The van der Waals surface area contributed by atoms with Crippen molar-refractivity contribution in [3.8, 4) is 5.75 Å². The van der Waals surface area contributed by atoms with E-state index in [2.05, 4.69) is 10.6 Å². The molecule has 2 amide bonds. The quantitative estimate of drug-likeness (QED) is 0.114. The Hall–Kier alpha value is -3.72. The van der Waals surface area contributed by atoms with Crippen molar-refractivity contribution in [1.82, 2.24) is 15.5 Å². The van der Waals surface area contributed by atoms with Crippen molar-refractivity contribution in [2.24, 2.45) is 5.92 Å². The van der Waals surface area contributed by atoms with Crippen molar-refractivity contribution in [2.45, 2.75) is 141 Å². The number of carbonyl (C=O) groups is 4. The average molecular weight is 824 g/mol. The Morgan fingerprint density at radius 3 is 2.33 bits per heavy atom. The van der Waals surface area contributed by atoms with Crippen molar-refractivity contribution in [3.63, 3.8) is 0 Å². The molecule has 0 radical (unpaired) electrons. The summed E-state index contributed by atoms with van der Waals surface area (Å²) in [6.07, 6.45) is -12.5. The molecule has 0 aromatic heterocycles. The van der Waals surface area contributed by atoms with Crippen molar-refractivity contribution in [2.75, 3.05) is 32.8 Å². The Balaban J connectivity index is 1.48. The molecule has 3 aliphatic rings. The van der Waals surface area contributed by atoms with Crippen LogP contribution in [0.5, 0.6) is 5.75 Å². The van der Waals surface area contributed by atoms with E-state index in [0.717, 1.165) is 5.56 Å². The number of rotatable bonds is 11. The molecule has 0 unspecified atom stereocenters. The maximum absolute atomic E-state index is 13.2. The number of amides is 2. The highest BCUT2D eigenvalue weighted by Crippen LogP contribution is 2.31. The summed E-state index contributed by atoms with van der Waals surface area (Å²) >= 11 is 0. The van der Waals surface area contributed by atoms with E-state index in [1.54, 1.807) is 36.1 Å². The zero-order chi connectivity index (χ0) is 42.7. The van der Waals surface area contributed by atoms with Crippen LogP contribution in [0.1, 0.15) is 78.8 Å². The Bertz CT molecular complexity index is 1550. The van der Waals surface area contributed by atoms with Gasteiger partial charge in [-0.25, -0.2) is 4.79 Å². The molecular formula is C40H61N3O15. The van der Waals surface area contributed by atoms with Crippen LogP contribution in [0, 0.1) is 5.92 Å². The lowest BCUT2D eigenvalue weighted by Gasteiger charge is -2.45. The largest absolute Gasteiger partial charge is 0.462 e. The molecule has 0 bridgehead atoms. The van der Waals surface area contributed by atoms with Gasteiger partial charge in [0, 0.05) is 44.0 Å². The Kier molecular flexibility index (Phi) is 17.8. The second-order valence-electron chi connectivity index (χ2n) is 15.1. The molecule has 18 heteroatoms. The number of ether oxygens (including phenoxy) is 6. The van der Waals surface area contributed by atoms with Gasteiger partial charge in [-0.3, -0.25) is 14.4 Å². The first-order chi connectivity index (χ1) is 27.5. The van der Waals surface area contributed by atoms with Gasteiger partial charge in [0.2, 0.25) is 18.1 Å². The van der Waals surface area contributed by atoms with Crippen molar-refractivity contribution in [3.05, 3.63) is 41.5 Å². The summed E-state index contributed by atoms with van der Waals surface area (Å²) in [5, 5.41) is 60.0. The van der Waals surface area contributed by atoms with E-state index >= 15 is 0 Å². The first kappa shape index (κ1) is 47.0. The van der Waals surface area contributed by atoms with E-state index in [1.165, 1.54) is 26.8 Å². The number of nitrogens with zero attached hydrogens (tertiary/aromatic N) is 1. The number of nitrogens with one attached hydrogen (secondary N) is 2. The minimum absolute atomic E-state index is 0.0343. The lowest BCUT2D eigenvalue weighted by Crippen LogP contribution is -2.64. The summed E-state index contributed by atoms with van der Waals surface area (Å²) in [7, 11) is 0. The summed E-state index contributed by atoms with van der Waals surface area (Å²) in [4.78, 5) is 52.1. The fraction of sp³-hybridized carbons (Fsp3) is 0.700. The molecular weight excluding hydrogens is 762 g/mol. The maximum atomic E-state index is 13.2. The van der Waals surface area contributed by atoms with E-state index in [1.807, 2.05) is 13.8 Å². The number of allylic oxidation sites excluding steroid dienone is 1. The zero-order valence-electron chi connectivity index (χ0n) is 34.0. The van der Waals surface area contributed by atoms with Gasteiger partial charge in [-0.2, -0.15) is 0 Å². The third-order valence-corrected chi connectivity index (χ3v) is 10.7. The van der Waals surface area contributed by atoms with Gasteiger partial charge in [0.05, 0.1) is 12.6 Å². The number of hydrogen-bond donors (Lipinski definition) is 7. The predicted molar refractivity (Wildman–Crippen MR) is 205 cm³/mol. The minimum atomic E-state index is -1.82. The topological polar surface area (TPSA) is 252 Å². The number of aliphatic hydroxyl groups is 5. The van der Waals surface area contributed by atoms with Crippen LogP contribution in [0.2, 0.25) is 0 Å². The van der Waals surface area contributed by atoms with E-state index in [0.29, 0.717) is 44.5 Å². The van der Waals surface area contributed by atoms with Gasteiger partial charge < -0.3 is 69.5 Å². The standard InChI is InChI=1S/C40H61N3O15/c1-7-21(3)37(51)43-17-9-15-42-30(45)18-28(41-16-14-27(19-43)55-24(6)44)25-10-12-26(13-11-25)56-40-36(34(49)31(46)23(5)54-40)58-39-35(50)33(48)32(47)29(57-39)20-53-38(52)22(4)8-2/h8,10-13,21,23,27-29,31-36,39-41,46-50H,7,9,14-20H2,1-6H3,(H,42,45)/b22-8+/t21-,23-,27-,28-,29+,31-,32+,33-,34+,35+,36+,39-,40-/m0/s1. The first-order valence-electron chi connectivity index (χ1n) is 19.9. The van der Waals surface area contributed by atoms with Gasteiger partial charge in [0.1, 0.15) is 55.1 Å². The molecule has 3 saturated heterocycles. The molecule has 326 valence electrons. The second kappa shape index (κ2) is 22.0. The molecule has 58 heavy (non-hydrogen) atoms. The molecule has 4 rings (SSSR count). The van der Waals surface area contributed by atoms with E-state index in [4.69, 9.17) is 28.4 Å². The van der Waals surface area contributed by atoms with Crippen molar-refractivity contribution < 1.29 is 73.1 Å². The fourth-order valence-electron chi connectivity index (χ4n) is 6.79. The Morgan fingerprint density at radius 1 is 0.966 bits per heavy atom. The third-order valence-electron chi connectivity index (χ3n) is 10.7. The molecule has 0 spiro atoms. The number of esters is 2. The summed E-state index contributed by atoms with van der Waals surface area (Å²) in [6.45, 7) is 10.7. The number of aliphatic hydroxyl groups excluding tert-OH is 5. The molecule has 0 saturated carbocycles. The van der Waals surface area contributed by atoms with E-state index < -0.39 is 92.1 Å². The molecule has 13 atom stereocenters. The van der Waals surface area contributed by atoms with Crippen LogP contribution >= 0.6 is 0 Å². The maximum Gasteiger partial charge on any atom is 0.333 e. The molecule has 0 aliphatic carbocycles. The molecule has 3 heterocycles. The van der Waals surface area contributed by atoms with Crippen LogP contribution in [0.15, 0.2) is 35.9 Å². The number of carbonyl (C=O) groups excluding carboxylic acids is 4. The lowest BCUT2D eigenvalue weighted by atomic mass is 9.97. The third kappa shape index (κ3) is 12.6.